The van der Waals surface area contributed by atoms with Crippen molar-refractivity contribution < 1.29 is 0 Å². The molecule has 0 aliphatic heterocycles. The second kappa shape index (κ2) is 3.42. The van der Waals surface area contributed by atoms with Crippen LogP contribution in [0.2, 0.25) is 0 Å². The molecule has 1 aromatic carbocycles. The average molecular weight is 148 g/mol. The molecule has 11 heavy (non-hydrogen) atoms. The Bertz CT molecular complexity index is 241. The molecule has 1 nitrogen and oxygen atoms in total. The van der Waals surface area contributed by atoms with Crippen LogP contribution in [0.1, 0.15) is 18.1 Å². The van der Waals surface area contributed by atoms with Gasteiger partial charge in [0.2, 0.25) is 0 Å². The lowest BCUT2D eigenvalue weighted by Gasteiger charge is -2.04. The molecule has 0 N–H and O–H groups in total. The Kier molecular flexibility index (Phi) is 2.53. The van der Waals surface area contributed by atoms with Crippen molar-refractivity contribution in [2.75, 3.05) is 6.54 Å². The molecule has 0 aliphatic rings. The summed E-state index contributed by atoms with van der Waals surface area (Å²) in [7, 11) is 0. The van der Waals surface area contributed by atoms with Gasteiger partial charge in [-0.3, -0.25) is 5.32 Å². The van der Waals surface area contributed by atoms with Crippen LogP contribution in [0.3, 0.4) is 0 Å². The van der Waals surface area contributed by atoms with Gasteiger partial charge in [-0.05, 0) is 32.4 Å². The maximum absolute atomic E-state index is 4.35. The zero-order valence-electron chi connectivity index (χ0n) is 7.39. The van der Waals surface area contributed by atoms with Gasteiger partial charge in [0.05, 0.1) is 5.69 Å². The molecular formula is C10H14N. The first kappa shape index (κ1) is 8.12. The fourth-order valence-electron chi connectivity index (χ4n) is 1.15. The van der Waals surface area contributed by atoms with E-state index in [9.17, 15) is 0 Å². The molecule has 0 heterocycles. The van der Waals surface area contributed by atoms with Crippen molar-refractivity contribution in [1.82, 2.24) is 5.32 Å². The summed E-state index contributed by atoms with van der Waals surface area (Å²) in [5.41, 5.74) is 3.70. The van der Waals surface area contributed by atoms with Crippen LogP contribution in [0.4, 0.5) is 5.69 Å². The first-order valence-electron chi connectivity index (χ1n) is 3.98. The van der Waals surface area contributed by atoms with Crippen LogP contribution in [-0.2, 0) is 0 Å². The third-order valence-corrected chi connectivity index (χ3v) is 1.68. The van der Waals surface area contributed by atoms with E-state index >= 15 is 0 Å². The molecule has 59 valence electrons. The first-order valence-corrected chi connectivity index (χ1v) is 3.98. The molecule has 1 aromatic rings. The Balaban J connectivity index is 2.90. The largest absolute Gasteiger partial charge is 0.285 e. The Morgan fingerprint density at radius 3 is 2.55 bits per heavy atom. The van der Waals surface area contributed by atoms with E-state index in [1.54, 1.807) is 0 Å². The minimum absolute atomic E-state index is 0.865. The van der Waals surface area contributed by atoms with Crippen LogP contribution in [-0.4, -0.2) is 6.54 Å². The number of nitrogens with zero attached hydrogens (tertiary/aromatic N) is 1. The van der Waals surface area contributed by atoms with Gasteiger partial charge in [0.1, 0.15) is 0 Å². The van der Waals surface area contributed by atoms with Gasteiger partial charge in [0, 0.05) is 6.54 Å². The fourth-order valence-corrected chi connectivity index (χ4v) is 1.15. The van der Waals surface area contributed by atoms with Crippen LogP contribution in [0.25, 0.3) is 0 Å². The molecule has 1 rings (SSSR count). The normalized spacial score (nSPS) is 9.73. The molecular weight excluding hydrogens is 134 g/mol. The number of hydrogen-bond acceptors (Lipinski definition) is 0. The molecule has 0 saturated carbocycles. The van der Waals surface area contributed by atoms with Gasteiger partial charge in [-0.15, -0.1) is 0 Å². The minimum atomic E-state index is 0.865. The van der Waals surface area contributed by atoms with E-state index in [0.717, 1.165) is 12.2 Å². The summed E-state index contributed by atoms with van der Waals surface area (Å²) >= 11 is 0. The SMILES string of the molecule is CC[N]c1ccc(C)cc1C. The summed E-state index contributed by atoms with van der Waals surface area (Å²) in [6, 6.07) is 6.34. The monoisotopic (exact) mass is 148 g/mol. The molecule has 0 spiro atoms. The fraction of sp³-hybridized carbons (Fsp3) is 0.400. The van der Waals surface area contributed by atoms with Gasteiger partial charge < -0.3 is 0 Å². The topological polar surface area (TPSA) is 14.1 Å². The van der Waals surface area contributed by atoms with Crippen molar-refractivity contribution in [3.8, 4) is 0 Å². The molecule has 0 amide bonds. The second-order valence-corrected chi connectivity index (χ2v) is 2.76. The van der Waals surface area contributed by atoms with Crippen molar-refractivity contribution in [3.05, 3.63) is 29.3 Å². The lowest BCUT2D eigenvalue weighted by molar-refractivity contribution is 0.905. The van der Waals surface area contributed by atoms with Gasteiger partial charge >= 0.3 is 0 Å². The van der Waals surface area contributed by atoms with Gasteiger partial charge in [0.25, 0.3) is 0 Å². The van der Waals surface area contributed by atoms with Gasteiger partial charge in [0.15, 0.2) is 0 Å². The number of hydrogen-bond donors (Lipinski definition) is 0. The van der Waals surface area contributed by atoms with Crippen molar-refractivity contribution >= 4 is 5.69 Å². The zero-order valence-corrected chi connectivity index (χ0v) is 7.39. The van der Waals surface area contributed by atoms with Crippen molar-refractivity contribution in [1.29, 1.82) is 0 Å². The van der Waals surface area contributed by atoms with Crippen LogP contribution < -0.4 is 5.32 Å². The van der Waals surface area contributed by atoms with Crippen molar-refractivity contribution in [2.24, 2.45) is 0 Å². The Hall–Kier alpha value is -0.980. The highest BCUT2D eigenvalue weighted by Gasteiger charge is 1.96. The molecule has 0 aliphatic carbocycles. The molecule has 0 atom stereocenters. The minimum Gasteiger partial charge on any atom is -0.285 e. The molecule has 1 radical (unpaired) electrons. The van der Waals surface area contributed by atoms with E-state index in [0.29, 0.717) is 0 Å². The summed E-state index contributed by atoms with van der Waals surface area (Å²) in [5.74, 6) is 0. The Morgan fingerprint density at radius 2 is 2.00 bits per heavy atom. The maximum atomic E-state index is 4.35. The van der Waals surface area contributed by atoms with Gasteiger partial charge in [-0.2, -0.15) is 0 Å². The van der Waals surface area contributed by atoms with Crippen LogP contribution in [0.5, 0.6) is 0 Å². The predicted molar refractivity (Wildman–Crippen MR) is 48.3 cm³/mol. The van der Waals surface area contributed by atoms with Crippen LogP contribution >= 0.6 is 0 Å². The maximum Gasteiger partial charge on any atom is 0.0603 e. The van der Waals surface area contributed by atoms with E-state index < -0.39 is 0 Å². The van der Waals surface area contributed by atoms with E-state index in [1.165, 1.54) is 11.1 Å². The number of rotatable bonds is 2. The number of aryl methyl sites for hydroxylation is 2. The second-order valence-electron chi connectivity index (χ2n) is 2.76. The molecule has 0 saturated heterocycles. The van der Waals surface area contributed by atoms with E-state index in [2.05, 4.69) is 44.3 Å². The summed E-state index contributed by atoms with van der Waals surface area (Å²) in [6.07, 6.45) is 0. The lowest BCUT2D eigenvalue weighted by atomic mass is 10.1. The molecule has 0 aromatic heterocycles. The smallest absolute Gasteiger partial charge is 0.0603 e. The van der Waals surface area contributed by atoms with E-state index in [4.69, 9.17) is 0 Å². The van der Waals surface area contributed by atoms with E-state index in [1.807, 2.05) is 0 Å². The standard InChI is InChI=1S/C10H14N/c1-4-11-10-6-5-8(2)7-9(10)3/h5-7H,4H2,1-3H3. The molecule has 0 fully saturated rings. The molecule has 1 heteroatoms. The van der Waals surface area contributed by atoms with Crippen molar-refractivity contribution in [2.45, 2.75) is 20.8 Å². The first-order chi connectivity index (χ1) is 5.24. The summed E-state index contributed by atoms with van der Waals surface area (Å²) < 4.78 is 0. The Morgan fingerprint density at radius 1 is 1.27 bits per heavy atom. The quantitative estimate of drug-likeness (QED) is 0.612. The summed E-state index contributed by atoms with van der Waals surface area (Å²) in [6.45, 7) is 7.12. The zero-order chi connectivity index (χ0) is 8.27. The molecule has 0 unspecified atom stereocenters. The highest BCUT2D eigenvalue weighted by molar-refractivity contribution is 5.45. The van der Waals surface area contributed by atoms with Crippen LogP contribution in [0.15, 0.2) is 18.2 Å². The van der Waals surface area contributed by atoms with Gasteiger partial charge in [-0.1, -0.05) is 17.7 Å². The average Bonchev–Trinajstić information content (AvgIpc) is 1.95. The molecule has 0 bridgehead atoms. The highest BCUT2D eigenvalue weighted by atomic mass is 14.9. The van der Waals surface area contributed by atoms with Crippen LogP contribution in [0, 0.1) is 13.8 Å². The third-order valence-electron chi connectivity index (χ3n) is 1.68. The highest BCUT2D eigenvalue weighted by Crippen LogP contribution is 2.15. The van der Waals surface area contributed by atoms with E-state index in [-0.39, 0.29) is 0 Å². The predicted octanol–water partition coefficient (Wildman–Crippen LogP) is 2.56. The lowest BCUT2D eigenvalue weighted by Crippen LogP contribution is -1.96. The van der Waals surface area contributed by atoms with Gasteiger partial charge in [-0.25, -0.2) is 0 Å². The Labute approximate surface area is 68.4 Å². The third kappa shape index (κ3) is 1.97. The number of benzene rings is 1. The summed E-state index contributed by atoms with van der Waals surface area (Å²) in [4.78, 5) is 0. The summed E-state index contributed by atoms with van der Waals surface area (Å²) in [5, 5.41) is 4.35. The van der Waals surface area contributed by atoms with Crippen molar-refractivity contribution in [3.63, 3.8) is 0 Å².